The summed E-state index contributed by atoms with van der Waals surface area (Å²) in [6.45, 7) is 9.30. The number of likely N-dealkylation sites (N-methyl/N-ethyl adjacent to an activating group) is 1. The number of hydrogen-bond donors (Lipinski definition) is 2. The summed E-state index contributed by atoms with van der Waals surface area (Å²) in [5.41, 5.74) is 0. The number of hydrogen-bond acceptors (Lipinski definition) is 2. The number of rotatable bonds is 6. The second-order valence-electron chi connectivity index (χ2n) is 3.60. The molecular formula is C10H23NO. The zero-order chi connectivity index (χ0) is 9.56. The quantitative estimate of drug-likeness (QED) is 0.641. The molecule has 0 saturated heterocycles. The molecular weight excluding hydrogens is 150 g/mol. The molecule has 0 aliphatic carbocycles. The van der Waals surface area contributed by atoms with E-state index in [2.05, 4.69) is 26.1 Å². The summed E-state index contributed by atoms with van der Waals surface area (Å²) in [5, 5.41) is 13.0. The Balaban J connectivity index is 3.73. The maximum Gasteiger partial charge on any atom is 0.0715 e. The van der Waals surface area contributed by atoms with Gasteiger partial charge in [0, 0.05) is 6.04 Å². The summed E-state index contributed by atoms with van der Waals surface area (Å²) in [5.74, 6) is 0.407. The first-order chi connectivity index (χ1) is 5.63. The lowest BCUT2D eigenvalue weighted by Crippen LogP contribution is -2.40. The first kappa shape index (κ1) is 11.9. The van der Waals surface area contributed by atoms with Gasteiger partial charge in [0.1, 0.15) is 0 Å². The maximum absolute atomic E-state index is 9.79. The maximum atomic E-state index is 9.79. The molecule has 2 heteroatoms. The Hall–Kier alpha value is -0.0800. The Bertz CT molecular complexity index is 94.0. The highest BCUT2D eigenvalue weighted by atomic mass is 16.3. The fourth-order valence-corrected chi connectivity index (χ4v) is 1.56. The molecule has 0 heterocycles. The van der Waals surface area contributed by atoms with Crippen molar-refractivity contribution >= 4 is 0 Å². The Labute approximate surface area is 76.4 Å². The molecule has 74 valence electrons. The Kier molecular flexibility index (Phi) is 6.39. The van der Waals surface area contributed by atoms with Crippen LogP contribution >= 0.6 is 0 Å². The molecule has 0 fully saturated rings. The van der Waals surface area contributed by atoms with Gasteiger partial charge < -0.3 is 10.4 Å². The number of aliphatic hydroxyl groups is 1. The van der Waals surface area contributed by atoms with Gasteiger partial charge in [0.15, 0.2) is 0 Å². The van der Waals surface area contributed by atoms with Gasteiger partial charge in [0.05, 0.1) is 6.10 Å². The van der Waals surface area contributed by atoms with Crippen molar-refractivity contribution in [1.82, 2.24) is 5.32 Å². The van der Waals surface area contributed by atoms with Gasteiger partial charge in [0.2, 0.25) is 0 Å². The van der Waals surface area contributed by atoms with Crippen molar-refractivity contribution in [2.75, 3.05) is 6.54 Å². The minimum absolute atomic E-state index is 0.204. The first-order valence-corrected chi connectivity index (χ1v) is 5.04. The van der Waals surface area contributed by atoms with E-state index >= 15 is 0 Å². The van der Waals surface area contributed by atoms with Crippen LogP contribution in [0.3, 0.4) is 0 Å². The van der Waals surface area contributed by atoms with Crippen LogP contribution < -0.4 is 5.32 Å². The van der Waals surface area contributed by atoms with E-state index in [0.717, 1.165) is 19.4 Å². The van der Waals surface area contributed by atoms with Crippen LogP contribution in [0.5, 0.6) is 0 Å². The van der Waals surface area contributed by atoms with Crippen LogP contribution in [0.15, 0.2) is 0 Å². The van der Waals surface area contributed by atoms with E-state index in [4.69, 9.17) is 0 Å². The second kappa shape index (κ2) is 6.44. The highest BCUT2D eigenvalue weighted by molar-refractivity contribution is 4.75. The molecule has 0 spiro atoms. The van der Waals surface area contributed by atoms with Crippen molar-refractivity contribution < 1.29 is 5.11 Å². The molecule has 0 aromatic heterocycles. The van der Waals surface area contributed by atoms with Crippen molar-refractivity contribution in [2.45, 2.75) is 52.7 Å². The Morgan fingerprint density at radius 2 is 1.83 bits per heavy atom. The Morgan fingerprint density at radius 1 is 1.25 bits per heavy atom. The van der Waals surface area contributed by atoms with Crippen molar-refractivity contribution in [2.24, 2.45) is 5.92 Å². The molecule has 0 rings (SSSR count). The van der Waals surface area contributed by atoms with Crippen LogP contribution in [-0.4, -0.2) is 23.8 Å². The molecule has 0 radical (unpaired) electrons. The van der Waals surface area contributed by atoms with Gasteiger partial charge in [-0.3, -0.25) is 0 Å². The zero-order valence-electron chi connectivity index (χ0n) is 8.80. The standard InChI is InChI=1S/C10H23NO/c1-5-7-8(3)10(12)9(4)11-6-2/h8-12H,5-7H2,1-4H3. The fraction of sp³-hybridized carbons (Fsp3) is 1.00. The molecule has 0 aromatic rings. The van der Waals surface area contributed by atoms with Crippen LogP contribution in [0, 0.1) is 5.92 Å². The molecule has 2 N–H and O–H groups in total. The third kappa shape index (κ3) is 4.07. The van der Waals surface area contributed by atoms with Gasteiger partial charge in [-0.2, -0.15) is 0 Å². The topological polar surface area (TPSA) is 32.3 Å². The highest BCUT2D eigenvalue weighted by Crippen LogP contribution is 2.13. The van der Waals surface area contributed by atoms with Crippen LogP contribution in [0.1, 0.15) is 40.5 Å². The second-order valence-corrected chi connectivity index (χ2v) is 3.60. The van der Waals surface area contributed by atoms with E-state index in [9.17, 15) is 5.11 Å². The average molecular weight is 173 g/mol. The average Bonchev–Trinajstić information content (AvgIpc) is 2.04. The largest absolute Gasteiger partial charge is 0.391 e. The van der Waals surface area contributed by atoms with Crippen LogP contribution in [0.4, 0.5) is 0 Å². The summed E-state index contributed by atoms with van der Waals surface area (Å²) in [6.07, 6.45) is 2.05. The lowest BCUT2D eigenvalue weighted by atomic mass is 9.95. The Morgan fingerprint density at radius 3 is 2.25 bits per heavy atom. The predicted octanol–water partition coefficient (Wildman–Crippen LogP) is 1.78. The van der Waals surface area contributed by atoms with Crippen molar-refractivity contribution in [3.63, 3.8) is 0 Å². The van der Waals surface area contributed by atoms with E-state index in [1.165, 1.54) is 0 Å². The van der Waals surface area contributed by atoms with Gasteiger partial charge in [-0.1, -0.05) is 27.2 Å². The summed E-state index contributed by atoms with van der Waals surface area (Å²) in [4.78, 5) is 0. The van der Waals surface area contributed by atoms with E-state index in [1.807, 2.05) is 6.92 Å². The van der Waals surface area contributed by atoms with Gasteiger partial charge >= 0.3 is 0 Å². The van der Waals surface area contributed by atoms with Gasteiger partial charge in [-0.15, -0.1) is 0 Å². The lowest BCUT2D eigenvalue weighted by Gasteiger charge is -2.25. The molecule has 0 amide bonds. The molecule has 0 aliphatic heterocycles. The monoisotopic (exact) mass is 173 g/mol. The first-order valence-electron chi connectivity index (χ1n) is 5.04. The highest BCUT2D eigenvalue weighted by Gasteiger charge is 2.18. The molecule has 0 aromatic carbocycles. The molecule has 12 heavy (non-hydrogen) atoms. The minimum atomic E-state index is -0.204. The van der Waals surface area contributed by atoms with E-state index in [0.29, 0.717) is 5.92 Å². The lowest BCUT2D eigenvalue weighted by molar-refractivity contribution is 0.0785. The molecule has 0 aliphatic rings. The zero-order valence-corrected chi connectivity index (χ0v) is 8.80. The van der Waals surface area contributed by atoms with Crippen LogP contribution in [0.2, 0.25) is 0 Å². The number of aliphatic hydroxyl groups excluding tert-OH is 1. The van der Waals surface area contributed by atoms with Gasteiger partial charge in [0.25, 0.3) is 0 Å². The van der Waals surface area contributed by atoms with E-state index < -0.39 is 0 Å². The fourth-order valence-electron chi connectivity index (χ4n) is 1.56. The third-order valence-corrected chi connectivity index (χ3v) is 2.37. The number of nitrogens with one attached hydrogen (secondary N) is 1. The van der Waals surface area contributed by atoms with Crippen molar-refractivity contribution in [3.8, 4) is 0 Å². The SMILES string of the molecule is CCCC(C)C(O)C(C)NCC. The summed E-state index contributed by atoms with van der Waals surface area (Å²) in [7, 11) is 0. The molecule has 0 bridgehead atoms. The summed E-state index contributed by atoms with van der Waals surface area (Å²) >= 11 is 0. The molecule has 3 unspecified atom stereocenters. The van der Waals surface area contributed by atoms with Gasteiger partial charge in [-0.25, -0.2) is 0 Å². The van der Waals surface area contributed by atoms with Gasteiger partial charge in [-0.05, 0) is 25.8 Å². The van der Waals surface area contributed by atoms with E-state index in [1.54, 1.807) is 0 Å². The predicted molar refractivity (Wildman–Crippen MR) is 53.2 cm³/mol. The normalized spacial score (nSPS) is 18.8. The molecule has 3 atom stereocenters. The summed E-state index contributed by atoms with van der Waals surface area (Å²) < 4.78 is 0. The smallest absolute Gasteiger partial charge is 0.0715 e. The van der Waals surface area contributed by atoms with E-state index in [-0.39, 0.29) is 12.1 Å². The van der Waals surface area contributed by atoms with Crippen molar-refractivity contribution in [3.05, 3.63) is 0 Å². The van der Waals surface area contributed by atoms with Crippen LogP contribution in [0.25, 0.3) is 0 Å². The van der Waals surface area contributed by atoms with Crippen molar-refractivity contribution in [1.29, 1.82) is 0 Å². The minimum Gasteiger partial charge on any atom is -0.391 e. The molecule has 0 saturated carbocycles. The molecule has 2 nitrogen and oxygen atoms in total. The summed E-state index contributed by atoms with van der Waals surface area (Å²) in [6, 6.07) is 0.219. The third-order valence-electron chi connectivity index (χ3n) is 2.37. The van der Waals surface area contributed by atoms with Crippen LogP contribution in [-0.2, 0) is 0 Å².